The van der Waals surface area contributed by atoms with Gasteiger partial charge in [0.25, 0.3) is 0 Å². The van der Waals surface area contributed by atoms with Gasteiger partial charge in [-0.15, -0.1) is 0 Å². The number of rotatable bonds is 2. The molecule has 0 aromatic carbocycles. The average molecular weight is 276 g/mol. The van der Waals surface area contributed by atoms with Gasteiger partial charge in [-0.25, -0.2) is 0 Å². The maximum absolute atomic E-state index is 12.3. The van der Waals surface area contributed by atoms with E-state index in [4.69, 9.17) is 0 Å². The van der Waals surface area contributed by atoms with Gasteiger partial charge in [0.2, 0.25) is 5.91 Å². The van der Waals surface area contributed by atoms with Crippen molar-refractivity contribution in [1.29, 1.82) is 0 Å². The molecule has 2 unspecified atom stereocenters. The maximum Gasteiger partial charge on any atom is 0.401 e. The van der Waals surface area contributed by atoms with Crippen LogP contribution in [0, 0.1) is 17.8 Å². The van der Waals surface area contributed by atoms with Crippen LogP contribution in [0.2, 0.25) is 0 Å². The fourth-order valence-electron chi connectivity index (χ4n) is 3.57. The van der Waals surface area contributed by atoms with E-state index in [1.807, 2.05) is 4.90 Å². The molecule has 1 amide bonds. The van der Waals surface area contributed by atoms with E-state index in [1.165, 1.54) is 4.90 Å². The number of likely N-dealkylation sites (tertiary alicyclic amines) is 2. The molecule has 0 N–H and O–H groups in total. The van der Waals surface area contributed by atoms with Crippen LogP contribution in [0.5, 0.6) is 0 Å². The Kier molecular flexibility index (Phi) is 3.23. The molecule has 0 aromatic heterocycles. The minimum Gasteiger partial charge on any atom is -0.342 e. The molecule has 19 heavy (non-hydrogen) atoms. The maximum atomic E-state index is 12.3. The highest BCUT2D eigenvalue weighted by Gasteiger charge is 2.45. The average Bonchev–Trinajstić information content (AvgIpc) is 2.68. The highest BCUT2D eigenvalue weighted by atomic mass is 19.4. The molecular weight excluding hydrogens is 257 g/mol. The van der Waals surface area contributed by atoms with Crippen molar-refractivity contribution in [2.45, 2.75) is 25.4 Å². The van der Waals surface area contributed by atoms with Gasteiger partial charge in [-0.1, -0.05) is 6.42 Å². The first-order valence-electron chi connectivity index (χ1n) is 7.00. The van der Waals surface area contributed by atoms with Crippen molar-refractivity contribution in [2.24, 2.45) is 17.8 Å². The third-order valence-corrected chi connectivity index (χ3v) is 4.73. The summed E-state index contributed by atoms with van der Waals surface area (Å²) in [4.78, 5) is 15.5. The van der Waals surface area contributed by atoms with Gasteiger partial charge in [0.05, 0.1) is 6.54 Å². The summed E-state index contributed by atoms with van der Waals surface area (Å²) in [5.74, 6) is 0.922. The van der Waals surface area contributed by atoms with Crippen LogP contribution in [-0.2, 0) is 4.79 Å². The fraction of sp³-hybridized carbons (Fsp3) is 0.923. The number of carbonyl (C=O) groups is 1. The smallest absolute Gasteiger partial charge is 0.342 e. The van der Waals surface area contributed by atoms with E-state index in [9.17, 15) is 18.0 Å². The summed E-state index contributed by atoms with van der Waals surface area (Å²) < 4.78 is 37.0. The van der Waals surface area contributed by atoms with E-state index in [-0.39, 0.29) is 23.7 Å². The van der Waals surface area contributed by atoms with Crippen LogP contribution in [0.15, 0.2) is 0 Å². The first kappa shape index (κ1) is 13.2. The van der Waals surface area contributed by atoms with Gasteiger partial charge < -0.3 is 4.90 Å². The minimum atomic E-state index is -4.11. The first-order chi connectivity index (χ1) is 8.92. The van der Waals surface area contributed by atoms with E-state index in [0.717, 1.165) is 19.3 Å². The van der Waals surface area contributed by atoms with Gasteiger partial charge in [-0.3, -0.25) is 9.69 Å². The molecule has 6 heteroatoms. The molecule has 0 radical (unpaired) electrons. The molecule has 1 aliphatic carbocycles. The Balaban J connectivity index is 1.51. The van der Waals surface area contributed by atoms with E-state index < -0.39 is 12.7 Å². The monoisotopic (exact) mass is 276 g/mol. The summed E-state index contributed by atoms with van der Waals surface area (Å²) in [7, 11) is 0. The molecule has 0 bridgehead atoms. The number of hydrogen-bond donors (Lipinski definition) is 0. The molecule has 0 aromatic rings. The van der Waals surface area contributed by atoms with Crippen molar-refractivity contribution in [3.8, 4) is 0 Å². The Morgan fingerprint density at radius 1 is 1.05 bits per heavy atom. The fourth-order valence-corrected chi connectivity index (χ4v) is 3.57. The molecule has 2 heterocycles. The summed E-state index contributed by atoms with van der Waals surface area (Å²) in [5.41, 5.74) is 0. The lowest BCUT2D eigenvalue weighted by Crippen LogP contribution is -2.40. The zero-order valence-electron chi connectivity index (χ0n) is 10.8. The third-order valence-electron chi connectivity index (χ3n) is 4.73. The Morgan fingerprint density at radius 3 is 2.05 bits per heavy atom. The predicted molar refractivity (Wildman–Crippen MR) is 63.4 cm³/mol. The van der Waals surface area contributed by atoms with Gasteiger partial charge in [-0.05, 0) is 24.7 Å². The zero-order valence-corrected chi connectivity index (χ0v) is 10.8. The molecule has 2 aliphatic heterocycles. The molecule has 3 aliphatic rings. The van der Waals surface area contributed by atoms with Gasteiger partial charge >= 0.3 is 6.18 Å². The lowest BCUT2D eigenvalue weighted by atomic mass is 9.84. The second-order valence-corrected chi connectivity index (χ2v) is 6.20. The highest BCUT2D eigenvalue weighted by Crippen LogP contribution is 2.36. The van der Waals surface area contributed by atoms with Crippen LogP contribution in [0.4, 0.5) is 13.2 Å². The SMILES string of the molecule is O=C(C1CCC1)N1CC2CN(CC(F)(F)F)CC2C1. The number of hydrogen-bond acceptors (Lipinski definition) is 2. The van der Waals surface area contributed by atoms with Gasteiger partial charge in [0, 0.05) is 32.1 Å². The Hall–Kier alpha value is -0.780. The lowest BCUT2D eigenvalue weighted by molar-refractivity contribution is -0.145. The molecule has 2 atom stereocenters. The first-order valence-corrected chi connectivity index (χ1v) is 7.00. The molecule has 2 saturated heterocycles. The summed E-state index contributed by atoms with van der Waals surface area (Å²) in [6, 6.07) is 0. The quantitative estimate of drug-likeness (QED) is 0.767. The summed E-state index contributed by atoms with van der Waals surface area (Å²) in [5, 5.41) is 0. The summed E-state index contributed by atoms with van der Waals surface area (Å²) in [6.45, 7) is 1.48. The summed E-state index contributed by atoms with van der Waals surface area (Å²) >= 11 is 0. The van der Waals surface area contributed by atoms with Crippen molar-refractivity contribution in [2.75, 3.05) is 32.7 Å². The molecule has 3 rings (SSSR count). The van der Waals surface area contributed by atoms with Crippen LogP contribution >= 0.6 is 0 Å². The molecule has 1 saturated carbocycles. The molecule has 3 nitrogen and oxygen atoms in total. The molecule has 3 fully saturated rings. The minimum absolute atomic E-state index is 0.199. The van der Waals surface area contributed by atoms with Crippen LogP contribution in [0.25, 0.3) is 0 Å². The number of halogens is 3. The van der Waals surface area contributed by atoms with Crippen LogP contribution < -0.4 is 0 Å². The number of nitrogens with zero attached hydrogens (tertiary/aromatic N) is 2. The largest absolute Gasteiger partial charge is 0.401 e. The van der Waals surface area contributed by atoms with E-state index in [1.54, 1.807) is 0 Å². The summed E-state index contributed by atoms with van der Waals surface area (Å²) in [6.07, 6.45) is -0.994. The number of fused-ring (bicyclic) bond motifs is 1. The second-order valence-electron chi connectivity index (χ2n) is 6.20. The van der Waals surface area contributed by atoms with Crippen molar-refractivity contribution < 1.29 is 18.0 Å². The standard InChI is InChI=1S/C13H19F3N2O/c14-13(15,16)8-17-4-10-6-18(7-11(10)5-17)12(19)9-2-1-3-9/h9-11H,1-8H2. The van der Waals surface area contributed by atoms with Crippen molar-refractivity contribution in [3.05, 3.63) is 0 Å². The topological polar surface area (TPSA) is 23.6 Å². The third kappa shape index (κ3) is 2.73. The number of amides is 1. The molecule has 0 spiro atoms. The molecular formula is C13H19F3N2O. The lowest BCUT2D eigenvalue weighted by Gasteiger charge is -2.30. The van der Waals surface area contributed by atoms with Crippen LogP contribution in [0.1, 0.15) is 19.3 Å². The Labute approximate surface area is 110 Å². The highest BCUT2D eigenvalue weighted by molar-refractivity contribution is 5.79. The van der Waals surface area contributed by atoms with Gasteiger partial charge in [-0.2, -0.15) is 13.2 Å². The molecule has 108 valence electrons. The second kappa shape index (κ2) is 4.65. The normalized spacial score (nSPS) is 32.5. The predicted octanol–water partition coefficient (Wildman–Crippen LogP) is 1.74. The van der Waals surface area contributed by atoms with E-state index in [0.29, 0.717) is 26.2 Å². The van der Waals surface area contributed by atoms with E-state index >= 15 is 0 Å². The van der Waals surface area contributed by atoms with Crippen molar-refractivity contribution in [1.82, 2.24) is 9.80 Å². The van der Waals surface area contributed by atoms with Crippen molar-refractivity contribution >= 4 is 5.91 Å². The van der Waals surface area contributed by atoms with Crippen molar-refractivity contribution in [3.63, 3.8) is 0 Å². The van der Waals surface area contributed by atoms with Crippen LogP contribution in [-0.4, -0.2) is 54.6 Å². The van der Waals surface area contributed by atoms with E-state index in [2.05, 4.69) is 0 Å². The Bertz CT molecular complexity index is 353. The van der Waals surface area contributed by atoms with Crippen LogP contribution in [0.3, 0.4) is 0 Å². The number of alkyl halides is 3. The van der Waals surface area contributed by atoms with Gasteiger partial charge in [0.15, 0.2) is 0 Å². The Morgan fingerprint density at radius 2 is 1.63 bits per heavy atom. The number of carbonyl (C=O) groups excluding carboxylic acids is 1. The zero-order chi connectivity index (χ0) is 13.6. The van der Waals surface area contributed by atoms with Gasteiger partial charge in [0.1, 0.15) is 0 Å².